The molecule has 0 aliphatic rings. The van der Waals surface area contributed by atoms with Crippen molar-refractivity contribution in [1.29, 1.82) is 0 Å². The first kappa shape index (κ1) is 16.6. The fourth-order valence-electron chi connectivity index (χ4n) is 2.10. The zero-order valence-corrected chi connectivity index (χ0v) is 15.1. The van der Waals surface area contributed by atoms with Crippen LogP contribution in [0.15, 0.2) is 38.3 Å². The van der Waals surface area contributed by atoms with Crippen LogP contribution in [-0.2, 0) is 23.1 Å². The van der Waals surface area contributed by atoms with Crippen LogP contribution in [0.1, 0.15) is 16.7 Å². The van der Waals surface area contributed by atoms with Crippen molar-refractivity contribution in [3.05, 3.63) is 50.1 Å². The van der Waals surface area contributed by atoms with Gasteiger partial charge in [0, 0.05) is 20.1 Å². The lowest BCUT2D eigenvalue weighted by Crippen LogP contribution is -2.27. The van der Waals surface area contributed by atoms with E-state index in [4.69, 9.17) is 5.73 Å². The summed E-state index contributed by atoms with van der Waals surface area (Å²) in [4.78, 5) is 0.322. The molecule has 1 aromatic carbocycles. The van der Waals surface area contributed by atoms with Crippen molar-refractivity contribution in [2.24, 2.45) is 5.73 Å². The minimum Gasteiger partial charge on any atom is -0.326 e. The topological polar surface area (TPSA) is 63.4 Å². The van der Waals surface area contributed by atoms with Crippen molar-refractivity contribution in [1.82, 2.24) is 4.31 Å². The Morgan fingerprint density at radius 1 is 1.38 bits per heavy atom. The fraction of sp³-hybridized carbons (Fsp3) is 0.286. The Morgan fingerprint density at radius 2 is 2.10 bits per heavy atom. The lowest BCUT2D eigenvalue weighted by Gasteiger charge is -2.19. The van der Waals surface area contributed by atoms with Gasteiger partial charge in [0.15, 0.2) is 0 Å². The van der Waals surface area contributed by atoms with E-state index in [-0.39, 0.29) is 0 Å². The molecule has 0 atom stereocenters. The summed E-state index contributed by atoms with van der Waals surface area (Å²) in [5.41, 5.74) is 8.19. The van der Waals surface area contributed by atoms with Crippen molar-refractivity contribution >= 4 is 37.3 Å². The summed E-state index contributed by atoms with van der Waals surface area (Å²) in [5.74, 6) is 0. The highest BCUT2D eigenvalue weighted by Gasteiger charge is 2.23. The van der Waals surface area contributed by atoms with Gasteiger partial charge in [-0.2, -0.15) is 4.31 Å². The minimum atomic E-state index is -3.52. The monoisotopic (exact) mass is 388 g/mol. The molecule has 0 saturated heterocycles. The molecule has 0 amide bonds. The summed E-state index contributed by atoms with van der Waals surface area (Å²) in [6.45, 7) is 2.47. The van der Waals surface area contributed by atoms with Gasteiger partial charge in [0.25, 0.3) is 0 Å². The molecule has 0 saturated carbocycles. The molecule has 114 valence electrons. The summed E-state index contributed by atoms with van der Waals surface area (Å²) >= 11 is 4.93. The van der Waals surface area contributed by atoms with Gasteiger partial charge in [-0.05, 0) is 57.1 Å². The molecule has 4 nitrogen and oxygen atoms in total. The van der Waals surface area contributed by atoms with Crippen LogP contribution in [0.25, 0.3) is 0 Å². The molecule has 0 unspecified atom stereocenters. The van der Waals surface area contributed by atoms with E-state index in [9.17, 15) is 8.42 Å². The SMILES string of the molecule is Cc1c(CN)cccc1S(=O)(=O)N(C)Cc1csc(Br)c1. The van der Waals surface area contributed by atoms with Gasteiger partial charge < -0.3 is 5.73 Å². The number of halogens is 1. The van der Waals surface area contributed by atoms with E-state index in [1.165, 1.54) is 4.31 Å². The maximum Gasteiger partial charge on any atom is 0.243 e. The van der Waals surface area contributed by atoms with Gasteiger partial charge in [0.2, 0.25) is 10.0 Å². The lowest BCUT2D eigenvalue weighted by molar-refractivity contribution is 0.466. The van der Waals surface area contributed by atoms with E-state index in [2.05, 4.69) is 15.9 Å². The van der Waals surface area contributed by atoms with Gasteiger partial charge in [-0.15, -0.1) is 11.3 Å². The van der Waals surface area contributed by atoms with E-state index in [1.54, 1.807) is 37.4 Å². The second-order valence-electron chi connectivity index (χ2n) is 4.76. The number of hydrogen-bond acceptors (Lipinski definition) is 4. The highest BCUT2D eigenvalue weighted by molar-refractivity contribution is 9.11. The average molecular weight is 389 g/mol. The summed E-state index contributed by atoms with van der Waals surface area (Å²) in [5, 5.41) is 1.94. The molecular formula is C14H17BrN2O2S2. The Morgan fingerprint density at radius 3 is 2.67 bits per heavy atom. The van der Waals surface area contributed by atoms with E-state index < -0.39 is 10.0 Å². The predicted octanol–water partition coefficient (Wildman–Crippen LogP) is 3.10. The average Bonchev–Trinajstić information content (AvgIpc) is 2.84. The Balaban J connectivity index is 2.33. The summed E-state index contributed by atoms with van der Waals surface area (Å²) in [7, 11) is -1.93. The number of rotatable bonds is 5. The van der Waals surface area contributed by atoms with Crippen LogP contribution in [0.2, 0.25) is 0 Å². The van der Waals surface area contributed by atoms with Crippen LogP contribution >= 0.6 is 27.3 Å². The minimum absolute atomic E-state index is 0.322. The quantitative estimate of drug-likeness (QED) is 0.855. The molecule has 2 N–H and O–H groups in total. The lowest BCUT2D eigenvalue weighted by atomic mass is 10.1. The molecule has 1 heterocycles. The molecule has 0 spiro atoms. The van der Waals surface area contributed by atoms with Crippen LogP contribution in [-0.4, -0.2) is 19.8 Å². The summed E-state index contributed by atoms with van der Waals surface area (Å²) in [6, 6.07) is 7.14. The standard InChI is InChI=1S/C14H17BrN2O2S2/c1-10-12(7-16)4-3-5-13(10)21(18,19)17(2)8-11-6-14(15)20-9-11/h3-6,9H,7-8,16H2,1-2H3. The molecular weight excluding hydrogens is 372 g/mol. The Labute approximate surface area is 137 Å². The molecule has 0 aliphatic heterocycles. The largest absolute Gasteiger partial charge is 0.326 e. The van der Waals surface area contributed by atoms with Crippen molar-refractivity contribution in [3.8, 4) is 0 Å². The number of hydrogen-bond donors (Lipinski definition) is 1. The van der Waals surface area contributed by atoms with E-state index in [1.807, 2.05) is 17.5 Å². The van der Waals surface area contributed by atoms with Crippen molar-refractivity contribution < 1.29 is 8.42 Å². The van der Waals surface area contributed by atoms with E-state index >= 15 is 0 Å². The first-order chi connectivity index (χ1) is 9.86. The Kier molecular flexibility index (Phi) is 5.21. The third-order valence-electron chi connectivity index (χ3n) is 3.33. The molecule has 0 aliphatic carbocycles. The van der Waals surface area contributed by atoms with Crippen LogP contribution in [0.3, 0.4) is 0 Å². The molecule has 2 rings (SSSR count). The zero-order valence-electron chi connectivity index (χ0n) is 11.8. The number of nitrogens with two attached hydrogens (primary N) is 1. The number of benzene rings is 1. The van der Waals surface area contributed by atoms with Gasteiger partial charge in [0.05, 0.1) is 8.68 Å². The van der Waals surface area contributed by atoms with Crippen LogP contribution in [0.5, 0.6) is 0 Å². The smallest absolute Gasteiger partial charge is 0.243 e. The van der Waals surface area contributed by atoms with Crippen LogP contribution < -0.4 is 5.73 Å². The highest BCUT2D eigenvalue weighted by Crippen LogP contribution is 2.25. The third kappa shape index (κ3) is 3.54. The zero-order chi connectivity index (χ0) is 15.6. The molecule has 0 radical (unpaired) electrons. The second kappa shape index (κ2) is 6.58. The normalized spacial score (nSPS) is 12.0. The van der Waals surface area contributed by atoms with E-state index in [0.29, 0.717) is 18.0 Å². The fourth-order valence-corrected chi connectivity index (χ4v) is 4.72. The molecule has 7 heteroatoms. The summed E-state index contributed by atoms with van der Waals surface area (Å²) in [6.07, 6.45) is 0. The second-order valence-corrected chi connectivity index (χ2v) is 9.07. The van der Waals surface area contributed by atoms with Gasteiger partial charge >= 0.3 is 0 Å². The van der Waals surface area contributed by atoms with Gasteiger partial charge in [0.1, 0.15) is 0 Å². The third-order valence-corrected chi connectivity index (χ3v) is 6.83. The number of sulfonamides is 1. The highest BCUT2D eigenvalue weighted by atomic mass is 79.9. The van der Waals surface area contributed by atoms with Crippen LogP contribution in [0, 0.1) is 6.92 Å². The molecule has 0 fully saturated rings. The molecule has 21 heavy (non-hydrogen) atoms. The predicted molar refractivity (Wildman–Crippen MR) is 89.7 cm³/mol. The maximum atomic E-state index is 12.7. The van der Waals surface area contributed by atoms with Gasteiger partial charge in [-0.1, -0.05) is 12.1 Å². The Bertz CT molecular complexity index is 741. The molecule has 2 aromatic rings. The first-order valence-corrected chi connectivity index (χ1v) is 9.45. The van der Waals surface area contributed by atoms with Crippen molar-refractivity contribution in [2.45, 2.75) is 24.9 Å². The Hall–Kier alpha value is -0.730. The van der Waals surface area contributed by atoms with Gasteiger partial charge in [-0.3, -0.25) is 0 Å². The van der Waals surface area contributed by atoms with Crippen molar-refractivity contribution in [2.75, 3.05) is 7.05 Å². The number of nitrogens with zero attached hydrogens (tertiary/aromatic N) is 1. The van der Waals surface area contributed by atoms with Gasteiger partial charge in [-0.25, -0.2) is 8.42 Å². The maximum absolute atomic E-state index is 12.7. The van der Waals surface area contributed by atoms with Crippen molar-refractivity contribution in [3.63, 3.8) is 0 Å². The molecule has 0 bridgehead atoms. The van der Waals surface area contributed by atoms with Crippen LogP contribution in [0.4, 0.5) is 0 Å². The number of thiophene rings is 1. The van der Waals surface area contributed by atoms with E-state index in [0.717, 1.165) is 20.5 Å². The molecule has 1 aromatic heterocycles. The summed E-state index contributed by atoms with van der Waals surface area (Å²) < 4.78 is 27.8. The first-order valence-electron chi connectivity index (χ1n) is 6.34.